The van der Waals surface area contributed by atoms with Gasteiger partial charge >= 0.3 is 0 Å². The zero-order chi connectivity index (χ0) is 14.7. The summed E-state index contributed by atoms with van der Waals surface area (Å²) in [6.45, 7) is 0.965. The Morgan fingerprint density at radius 1 is 1.43 bits per heavy atom. The van der Waals surface area contributed by atoms with Crippen LogP contribution in [-0.2, 0) is 17.8 Å². The van der Waals surface area contributed by atoms with Crippen LogP contribution in [0.5, 0.6) is 0 Å². The highest BCUT2D eigenvalue weighted by atomic mass is 19.1. The van der Waals surface area contributed by atoms with Crippen LogP contribution in [0.4, 0.5) is 4.39 Å². The first-order chi connectivity index (χ1) is 10.2. The number of nitrogens with zero attached hydrogens (tertiary/aromatic N) is 4. The van der Waals surface area contributed by atoms with Crippen LogP contribution in [0.3, 0.4) is 0 Å². The summed E-state index contributed by atoms with van der Waals surface area (Å²) in [5.41, 5.74) is 0.931. The van der Waals surface area contributed by atoms with Crippen molar-refractivity contribution in [2.45, 2.75) is 31.8 Å². The maximum atomic E-state index is 13.2. The summed E-state index contributed by atoms with van der Waals surface area (Å²) in [5, 5.41) is 3.96. The van der Waals surface area contributed by atoms with Crippen molar-refractivity contribution in [3.8, 4) is 0 Å². The lowest BCUT2D eigenvalue weighted by Crippen LogP contribution is -2.39. The van der Waals surface area contributed by atoms with E-state index in [1.54, 1.807) is 12.1 Å². The van der Waals surface area contributed by atoms with E-state index in [-0.39, 0.29) is 24.3 Å². The maximum absolute atomic E-state index is 13.2. The second kappa shape index (κ2) is 6.03. The summed E-state index contributed by atoms with van der Waals surface area (Å²) in [6.07, 6.45) is 5.60. The fraction of sp³-hybridized carbons (Fsp3) is 0.400. The third-order valence-corrected chi connectivity index (χ3v) is 3.82. The largest absolute Gasteiger partial charge is 0.338 e. The molecule has 110 valence electrons. The molecule has 1 atom stereocenters. The van der Waals surface area contributed by atoms with Crippen LogP contribution in [0.2, 0.25) is 0 Å². The predicted molar refractivity (Wildman–Crippen MR) is 74.9 cm³/mol. The lowest BCUT2D eigenvalue weighted by Gasteiger charge is -2.24. The molecule has 3 rings (SSSR count). The number of likely N-dealkylation sites (tertiary alicyclic amines) is 1. The highest BCUT2D eigenvalue weighted by Gasteiger charge is 2.28. The minimum atomic E-state index is -0.231. The monoisotopic (exact) mass is 288 g/mol. The summed E-state index contributed by atoms with van der Waals surface area (Å²) < 4.78 is 14.8. The Kier molecular flexibility index (Phi) is 3.94. The Balaban J connectivity index is 1.66. The van der Waals surface area contributed by atoms with Crippen LogP contribution in [0.25, 0.3) is 0 Å². The summed E-state index contributed by atoms with van der Waals surface area (Å²) in [6, 6.07) is 6.73. The smallest absolute Gasteiger partial charge is 0.244 e. The highest BCUT2D eigenvalue weighted by molar-refractivity contribution is 5.76. The molecule has 1 aliphatic rings. The van der Waals surface area contributed by atoms with Gasteiger partial charge in [-0.25, -0.2) is 14.1 Å². The lowest BCUT2D eigenvalue weighted by atomic mass is 10.0. The van der Waals surface area contributed by atoms with E-state index in [0.717, 1.165) is 24.9 Å². The quantitative estimate of drug-likeness (QED) is 0.859. The molecule has 1 aromatic heterocycles. The number of benzene rings is 1. The number of amides is 1. The van der Waals surface area contributed by atoms with Crippen molar-refractivity contribution >= 4 is 5.91 Å². The van der Waals surface area contributed by atoms with Crippen molar-refractivity contribution in [1.82, 2.24) is 19.7 Å². The Hall–Kier alpha value is -2.24. The third-order valence-electron chi connectivity index (χ3n) is 3.82. The molecule has 0 radical (unpaired) electrons. The van der Waals surface area contributed by atoms with Crippen LogP contribution in [-0.4, -0.2) is 38.2 Å². The van der Waals surface area contributed by atoms with Crippen molar-refractivity contribution in [1.29, 1.82) is 0 Å². The SMILES string of the molecule is O=C(Cn1cncn1)N1CCC[C@@H]1Cc1cccc(F)c1. The molecular formula is C15H17FN4O. The van der Waals surface area contributed by atoms with E-state index in [0.29, 0.717) is 6.42 Å². The second-order valence-electron chi connectivity index (χ2n) is 5.31. The van der Waals surface area contributed by atoms with Gasteiger partial charge in [-0.15, -0.1) is 0 Å². The van der Waals surface area contributed by atoms with Gasteiger partial charge in [0.1, 0.15) is 25.0 Å². The first-order valence-corrected chi connectivity index (χ1v) is 7.09. The summed E-state index contributed by atoms with van der Waals surface area (Å²) in [4.78, 5) is 18.1. The summed E-state index contributed by atoms with van der Waals surface area (Å²) in [5.74, 6) is -0.189. The van der Waals surface area contributed by atoms with Crippen LogP contribution < -0.4 is 0 Å². The van der Waals surface area contributed by atoms with Gasteiger partial charge in [-0.2, -0.15) is 5.10 Å². The van der Waals surface area contributed by atoms with Crippen molar-refractivity contribution in [3.63, 3.8) is 0 Å². The molecule has 21 heavy (non-hydrogen) atoms. The molecule has 0 N–H and O–H groups in total. The van der Waals surface area contributed by atoms with Gasteiger partial charge in [0.25, 0.3) is 0 Å². The van der Waals surface area contributed by atoms with Crippen molar-refractivity contribution in [2.75, 3.05) is 6.54 Å². The zero-order valence-electron chi connectivity index (χ0n) is 11.7. The van der Waals surface area contributed by atoms with Gasteiger partial charge < -0.3 is 4.90 Å². The van der Waals surface area contributed by atoms with E-state index in [2.05, 4.69) is 10.1 Å². The lowest BCUT2D eigenvalue weighted by molar-refractivity contribution is -0.132. The highest BCUT2D eigenvalue weighted by Crippen LogP contribution is 2.22. The minimum absolute atomic E-state index is 0.0411. The van der Waals surface area contributed by atoms with Gasteiger partial charge in [0, 0.05) is 12.6 Å². The van der Waals surface area contributed by atoms with Crippen molar-refractivity contribution < 1.29 is 9.18 Å². The van der Waals surface area contributed by atoms with Gasteiger partial charge in [0.15, 0.2) is 0 Å². The zero-order valence-corrected chi connectivity index (χ0v) is 11.7. The van der Waals surface area contributed by atoms with E-state index < -0.39 is 0 Å². The maximum Gasteiger partial charge on any atom is 0.244 e. The van der Waals surface area contributed by atoms with E-state index in [1.807, 2.05) is 11.0 Å². The van der Waals surface area contributed by atoms with Gasteiger partial charge in [0.2, 0.25) is 5.91 Å². The summed E-state index contributed by atoms with van der Waals surface area (Å²) >= 11 is 0. The number of aromatic nitrogens is 3. The Morgan fingerprint density at radius 3 is 3.10 bits per heavy atom. The molecule has 5 nitrogen and oxygen atoms in total. The average molecular weight is 288 g/mol. The summed E-state index contributed by atoms with van der Waals surface area (Å²) in [7, 11) is 0. The predicted octanol–water partition coefficient (Wildman–Crippen LogP) is 1.65. The molecule has 0 saturated carbocycles. The number of rotatable bonds is 4. The average Bonchev–Trinajstić information content (AvgIpc) is 3.10. The van der Waals surface area contributed by atoms with Gasteiger partial charge in [-0.05, 0) is 37.0 Å². The van der Waals surface area contributed by atoms with E-state index in [4.69, 9.17) is 0 Å². The van der Waals surface area contributed by atoms with Crippen molar-refractivity contribution in [3.05, 3.63) is 48.3 Å². The second-order valence-corrected chi connectivity index (χ2v) is 5.31. The van der Waals surface area contributed by atoms with Crippen LogP contribution in [0.15, 0.2) is 36.9 Å². The molecule has 6 heteroatoms. The molecule has 1 fully saturated rings. The molecule has 2 heterocycles. The molecule has 0 spiro atoms. The van der Waals surface area contributed by atoms with E-state index >= 15 is 0 Å². The molecule has 0 aliphatic carbocycles. The first-order valence-electron chi connectivity index (χ1n) is 7.09. The Bertz CT molecular complexity index is 614. The molecule has 1 aromatic carbocycles. The fourth-order valence-electron chi connectivity index (χ4n) is 2.86. The van der Waals surface area contributed by atoms with Crippen molar-refractivity contribution in [2.24, 2.45) is 0 Å². The standard InChI is InChI=1S/C15H17FN4O/c16-13-4-1-3-12(7-13)8-14-5-2-6-20(14)15(21)9-19-11-17-10-18-19/h1,3-4,7,10-11,14H,2,5-6,8-9H2/t14-/m1/s1. The van der Waals surface area contributed by atoms with Crippen LogP contribution in [0, 0.1) is 5.82 Å². The molecule has 0 unspecified atom stereocenters. The topological polar surface area (TPSA) is 51.0 Å². The fourth-order valence-corrected chi connectivity index (χ4v) is 2.86. The van der Waals surface area contributed by atoms with E-state index in [1.165, 1.54) is 23.4 Å². The number of hydrogen-bond donors (Lipinski definition) is 0. The van der Waals surface area contributed by atoms with Gasteiger partial charge in [-0.3, -0.25) is 4.79 Å². The molecule has 1 saturated heterocycles. The molecule has 2 aromatic rings. The molecule has 0 bridgehead atoms. The number of halogens is 1. The van der Waals surface area contributed by atoms with Gasteiger partial charge in [0.05, 0.1) is 0 Å². The van der Waals surface area contributed by atoms with Gasteiger partial charge in [-0.1, -0.05) is 12.1 Å². The minimum Gasteiger partial charge on any atom is -0.338 e. The third kappa shape index (κ3) is 3.26. The molecular weight excluding hydrogens is 271 g/mol. The molecule has 1 amide bonds. The normalized spacial score (nSPS) is 18.1. The number of carbonyl (C=O) groups excluding carboxylic acids is 1. The number of carbonyl (C=O) groups is 1. The Morgan fingerprint density at radius 2 is 2.33 bits per heavy atom. The molecule has 1 aliphatic heterocycles. The van der Waals surface area contributed by atoms with Crippen LogP contribution in [0.1, 0.15) is 18.4 Å². The van der Waals surface area contributed by atoms with E-state index in [9.17, 15) is 9.18 Å². The Labute approximate surface area is 122 Å². The van der Waals surface area contributed by atoms with Crippen LogP contribution >= 0.6 is 0 Å². The number of hydrogen-bond acceptors (Lipinski definition) is 3. The first kappa shape index (κ1) is 13.7.